The Morgan fingerprint density at radius 2 is 2.07 bits per heavy atom. The van der Waals surface area contributed by atoms with Crippen molar-refractivity contribution in [2.24, 2.45) is 0 Å². The van der Waals surface area contributed by atoms with Gasteiger partial charge in [-0.1, -0.05) is 13.8 Å². The van der Waals surface area contributed by atoms with Crippen molar-refractivity contribution in [3.63, 3.8) is 0 Å². The molecule has 0 saturated heterocycles. The molecule has 0 saturated carbocycles. The first-order valence-electron chi connectivity index (χ1n) is 5.03. The highest BCUT2D eigenvalue weighted by molar-refractivity contribution is 4.89. The molecule has 14 heavy (non-hydrogen) atoms. The highest BCUT2D eigenvalue weighted by Crippen LogP contribution is 1.96. The van der Waals surface area contributed by atoms with E-state index in [1.807, 2.05) is 0 Å². The molecule has 1 rings (SSSR count). The molecule has 5 heteroatoms. The number of aliphatic hydroxyl groups excluding tert-OH is 1. The van der Waals surface area contributed by atoms with Crippen LogP contribution in [0.5, 0.6) is 0 Å². The van der Waals surface area contributed by atoms with Gasteiger partial charge in [0.1, 0.15) is 12.4 Å². The zero-order valence-corrected chi connectivity index (χ0v) is 8.82. The van der Waals surface area contributed by atoms with Gasteiger partial charge in [0.05, 0.1) is 0 Å². The fourth-order valence-electron chi connectivity index (χ4n) is 1.32. The van der Waals surface area contributed by atoms with Crippen LogP contribution in [0.3, 0.4) is 0 Å². The van der Waals surface area contributed by atoms with Crippen LogP contribution in [0.25, 0.3) is 0 Å². The number of aromatic amines is 1. The number of nitrogens with one attached hydrogen (secondary N) is 1. The predicted molar refractivity (Wildman–Crippen MR) is 53.8 cm³/mol. The van der Waals surface area contributed by atoms with E-state index in [1.54, 1.807) is 0 Å². The molecule has 0 aliphatic rings. The van der Waals surface area contributed by atoms with Gasteiger partial charge in [-0.15, -0.1) is 0 Å². The van der Waals surface area contributed by atoms with Crippen molar-refractivity contribution >= 4 is 0 Å². The number of hydrogen-bond acceptors (Lipinski definition) is 4. The Kier molecular flexibility index (Phi) is 4.55. The number of nitrogens with zero attached hydrogens (tertiary/aromatic N) is 3. The molecule has 0 unspecified atom stereocenters. The standard InChI is InChI=1S/C9H18N4O/c1-3-13(4-2)6-5-8-10-9(7-14)12-11-8/h14H,3-7H2,1-2H3,(H,10,11,12). The zero-order chi connectivity index (χ0) is 10.4. The van der Waals surface area contributed by atoms with Gasteiger partial charge in [0.2, 0.25) is 0 Å². The summed E-state index contributed by atoms with van der Waals surface area (Å²) in [6, 6.07) is 0. The van der Waals surface area contributed by atoms with Crippen molar-refractivity contribution in [3.05, 3.63) is 11.6 Å². The maximum Gasteiger partial charge on any atom is 0.152 e. The van der Waals surface area contributed by atoms with Crippen molar-refractivity contribution in [1.29, 1.82) is 0 Å². The number of likely N-dealkylation sites (N-methyl/N-ethyl adjacent to an activating group) is 1. The van der Waals surface area contributed by atoms with Crippen molar-refractivity contribution in [3.8, 4) is 0 Å². The third kappa shape index (κ3) is 3.08. The highest BCUT2D eigenvalue weighted by atomic mass is 16.3. The Morgan fingerprint density at radius 3 is 2.57 bits per heavy atom. The summed E-state index contributed by atoms with van der Waals surface area (Å²) < 4.78 is 0. The van der Waals surface area contributed by atoms with Crippen LogP contribution in [-0.2, 0) is 13.0 Å². The van der Waals surface area contributed by atoms with E-state index < -0.39 is 0 Å². The molecule has 2 N–H and O–H groups in total. The molecule has 0 spiro atoms. The number of hydrogen-bond donors (Lipinski definition) is 2. The van der Waals surface area contributed by atoms with Gasteiger partial charge in [-0.3, -0.25) is 5.10 Å². The average molecular weight is 198 g/mol. The Hall–Kier alpha value is -0.940. The molecule has 1 heterocycles. The smallest absolute Gasteiger partial charge is 0.152 e. The second kappa shape index (κ2) is 5.72. The Bertz CT molecular complexity index is 257. The number of aromatic nitrogens is 3. The lowest BCUT2D eigenvalue weighted by Crippen LogP contribution is -2.25. The second-order valence-corrected chi connectivity index (χ2v) is 3.13. The first kappa shape index (κ1) is 11.1. The monoisotopic (exact) mass is 198 g/mol. The van der Waals surface area contributed by atoms with Crippen molar-refractivity contribution in [2.75, 3.05) is 19.6 Å². The Labute approximate surface area is 84.2 Å². The summed E-state index contributed by atoms with van der Waals surface area (Å²) in [5, 5.41) is 15.5. The summed E-state index contributed by atoms with van der Waals surface area (Å²) in [7, 11) is 0. The first-order valence-corrected chi connectivity index (χ1v) is 5.03. The summed E-state index contributed by atoms with van der Waals surface area (Å²) in [5.74, 6) is 1.32. The van der Waals surface area contributed by atoms with Crippen molar-refractivity contribution in [1.82, 2.24) is 20.1 Å². The molecule has 80 valence electrons. The summed E-state index contributed by atoms with van der Waals surface area (Å²) in [5.41, 5.74) is 0. The molecule has 0 bridgehead atoms. The van der Waals surface area contributed by atoms with Gasteiger partial charge in [0.15, 0.2) is 5.82 Å². The number of rotatable bonds is 6. The van der Waals surface area contributed by atoms with Crippen LogP contribution in [0.4, 0.5) is 0 Å². The molecule has 5 nitrogen and oxygen atoms in total. The molecule has 1 aromatic rings. The summed E-state index contributed by atoms with van der Waals surface area (Å²) in [6.45, 7) is 7.27. The lowest BCUT2D eigenvalue weighted by atomic mass is 10.3. The molecule has 0 atom stereocenters. The molecule has 0 radical (unpaired) electrons. The van der Waals surface area contributed by atoms with E-state index in [-0.39, 0.29) is 6.61 Å². The summed E-state index contributed by atoms with van der Waals surface area (Å²) >= 11 is 0. The lowest BCUT2D eigenvalue weighted by molar-refractivity contribution is 0.271. The van der Waals surface area contributed by atoms with Gasteiger partial charge in [0.25, 0.3) is 0 Å². The van der Waals surface area contributed by atoms with Crippen molar-refractivity contribution < 1.29 is 5.11 Å². The molecule has 0 aliphatic carbocycles. The van der Waals surface area contributed by atoms with Crippen LogP contribution in [0, 0.1) is 0 Å². The maximum atomic E-state index is 8.78. The minimum absolute atomic E-state index is 0.0712. The van der Waals surface area contributed by atoms with Crippen LogP contribution in [-0.4, -0.2) is 44.8 Å². The summed E-state index contributed by atoms with van der Waals surface area (Å²) in [6.07, 6.45) is 0.832. The largest absolute Gasteiger partial charge is 0.388 e. The van der Waals surface area contributed by atoms with Gasteiger partial charge in [-0.05, 0) is 13.1 Å². The lowest BCUT2D eigenvalue weighted by Gasteiger charge is -2.16. The molecule has 0 fully saturated rings. The van der Waals surface area contributed by atoms with E-state index >= 15 is 0 Å². The van der Waals surface area contributed by atoms with E-state index in [0.29, 0.717) is 5.82 Å². The molecular formula is C9H18N4O. The molecule has 0 amide bonds. The normalized spacial score (nSPS) is 11.1. The van der Waals surface area contributed by atoms with Gasteiger partial charge in [-0.2, -0.15) is 5.10 Å². The second-order valence-electron chi connectivity index (χ2n) is 3.13. The third-order valence-corrected chi connectivity index (χ3v) is 2.27. The summed E-state index contributed by atoms with van der Waals surface area (Å²) in [4.78, 5) is 6.44. The Morgan fingerprint density at radius 1 is 1.36 bits per heavy atom. The van der Waals surface area contributed by atoms with Crippen LogP contribution < -0.4 is 0 Å². The maximum absolute atomic E-state index is 8.78. The van der Waals surface area contributed by atoms with Gasteiger partial charge < -0.3 is 10.0 Å². The molecule has 1 aromatic heterocycles. The van der Waals surface area contributed by atoms with Crippen molar-refractivity contribution in [2.45, 2.75) is 26.9 Å². The fraction of sp³-hybridized carbons (Fsp3) is 0.778. The van der Waals surface area contributed by atoms with E-state index in [9.17, 15) is 0 Å². The van der Waals surface area contributed by atoms with Gasteiger partial charge >= 0.3 is 0 Å². The van der Waals surface area contributed by atoms with Crippen LogP contribution in [0.1, 0.15) is 25.5 Å². The topological polar surface area (TPSA) is 65.0 Å². The highest BCUT2D eigenvalue weighted by Gasteiger charge is 2.04. The van der Waals surface area contributed by atoms with E-state index in [4.69, 9.17) is 5.11 Å². The quantitative estimate of drug-likeness (QED) is 0.684. The van der Waals surface area contributed by atoms with E-state index in [2.05, 4.69) is 33.9 Å². The minimum atomic E-state index is -0.0712. The Balaban J connectivity index is 2.37. The van der Waals surface area contributed by atoms with E-state index in [0.717, 1.165) is 31.9 Å². The fourth-order valence-corrected chi connectivity index (χ4v) is 1.32. The van der Waals surface area contributed by atoms with Crippen LogP contribution in [0.2, 0.25) is 0 Å². The van der Waals surface area contributed by atoms with Crippen LogP contribution in [0.15, 0.2) is 0 Å². The average Bonchev–Trinajstić information content (AvgIpc) is 2.67. The molecule has 0 aromatic carbocycles. The third-order valence-electron chi connectivity index (χ3n) is 2.27. The minimum Gasteiger partial charge on any atom is -0.388 e. The number of aliphatic hydroxyl groups is 1. The predicted octanol–water partition coefficient (Wildman–Crippen LogP) is 0.181. The molecule has 0 aliphatic heterocycles. The van der Waals surface area contributed by atoms with Crippen LogP contribution >= 0.6 is 0 Å². The number of H-pyrrole nitrogens is 1. The zero-order valence-electron chi connectivity index (χ0n) is 8.82. The van der Waals surface area contributed by atoms with Gasteiger partial charge in [-0.25, -0.2) is 4.98 Å². The SMILES string of the molecule is CCN(CC)CCc1n[nH]c(CO)n1. The molecular weight excluding hydrogens is 180 g/mol. The first-order chi connectivity index (χ1) is 6.80. The van der Waals surface area contributed by atoms with Gasteiger partial charge in [0, 0.05) is 13.0 Å². The van der Waals surface area contributed by atoms with E-state index in [1.165, 1.54) is 0 Å².